The van der Waals surface area contributed by atoms with Crippen LogP contribution in [0.15, 0.2) is 36.7 Å². The van der Waals surface area contributed by atoms with Gasteiger partial charge in [-0.3, -0.25) is 9.78 Å². The molecule has 0 aliphatic heterocycles. The number of aryl methyl sites for hydroxylation is 1. The van der Waals surface area contributed by atoms with Gasteiger partial charge in [0.05, 0.1) is 10.6 Å². The van der Waals surface area contributed by atoms with Gasteiger partial charge in [0.1, 0.15) is 5.82 Å². The molecular formula is C13H10ClFN2O. The van der Waals surface area contributed by atoms with Gasteiger partial charge in [-0.25, -0.2) is 4.39 Å². The van der Waals surface area contributed by atoms with Gasteiger partial charge >= 0.3 is 0 Å². The van der Waals surface area contributed by atoms with E-state index in [2.05, 4.69) is 10.3 Å². The lowest BCUT2D eigenvalue weighted by Gasteiger charge is -2.08. The number of nitrogens with one attached hydrogen (secondary N) is 1. The molecule has 0 atom stereocenters. The first-order valence-electron chi connectivity index (χ1n) is 5.25. The van der Waals surface area contributed by atoms with Gasteiger partial charge in [-0.15, -0.1) is 0 Å². The van der Waals surface area contributed by atoms with E-state index in [9.17, 15) is 9.18 Å². The van der Waals surface area contributed by atoms with Crippen molar-refractivity contribution >= 4 is 23.2 Å². The number of hydrogen-bond acceptors (Lipinski definition) is 2. The van der Waals surface area contributed by atoms with Gasteiger partial charge < -0.3 is 5.32 Å². The minimum Gasteiger partial charge on any atom is -0.322 e. The highest BCUT2D eigenvalue weighted by molar-refractivity contribution is 6.34. The maximum Gasteiger partial charge on any atom is 0.258 e. The van der Waals surface area contributed by atoms with E-state index in [4.69, 9.17) is 11.6 Å². The van der Waals surface area contributed by atoms with Crippen molar-refractivity contribution < 1.29 is 9.18 Å². The number of nitrogens with zero attached hydrogens (tertiary/aromatic N) is 1. The third-order valence-electron chi connectivity index (χ3n) is 2.45. The third-order valence-corrected chi connectivity index (χ3v) is 2.78. The van der Waals surface area contributed by atoms with E-state index in [-0.39, 0.29) is 17.3 Å². The second-order valence-corrected chi connectivity index (χ2v) is 4.18. The van der Waals surface area contributed by atoms with Gasteiger partial charge in [0.15, 0.2) is 0 Å². The number of benzene rings is 1. The lowest BCUT2D eigenvalue weighted by Crippen LogP contribution is -2.13. The van der Waals surface area contributed by atoms with E-state index >= 15 is 0 Å². The fourth-order valence-corrected chi connectivity index (χ4v) is 1.69. The van der Waals surface area contributed by atoms with E-state index in [1.165, 1.54) is 36.7 Å². The Balaban J connectivity index is 2.24. The smallest absolute Gasteiger partial charge is 0.258 e. The quantitative estimate of drug-likeness (QED) is 0.903. The molecule has 0 radical (unpaired) electrons. The van der Waals surface area contributed by atoms with Gasteiger partial charge in [0.2, 0.25) is 0 Å². The second-order valence-electron chi connectivity index (χ2n) is 3.77. The Morgan fingerprint density at radius 2 is 2.17 bits per heavy atom. The fourth-order valence-electron chi connectivity index (χ4n) is 1.50. The minimum atomic E-state index is -0.372. The van der Waals surface area contributed by atoms with Crippen molar-refractivity contribution in [3.05, 3.63) is 58.6 Å². The zero-order chi connectivity index (χ0) is 13.1. The lowest BCUT2D eigenvalue weighted by atomic mass is 10.2. The molecule has 92 valence electrons. The number of anilines is 1. The molecule has 5 heteroatoms. The zero-order valence-corrected chi connectivity index (χ0v) is 10.3. The predicted octanol–water partition coefficient (Wildman–Crippen LogP) is 3.43. The van der Waals surface area contributed by atoms with Crippen molar-refractivity contribution in [3.63, 3.8) is 0 Å². The molecule has 18 heavy (non-hydrogen) atoms. The summed E-state index contributed by atoms with van der Waals surface area (Å²) in [5, 5.41) is 2.99. The molecule has 2 rings (SSSR count). The minimum absolute atomic E-state index is 0.280. The summed E-state index contributed by atoms with van der Waals surface area (Å²) in [5.41, 5.74) is 1.47. The molecule has 1 amide bonds. The normalized spacial score (nSPS) is 10.2. The number of halogens is 2. The number of carbonyl (C=O) groups excluding carboxylic acids is 1. The average Bonchev–Trinajstić information content (AvgIpc) is 2.33. The molecule has 0 saturated heterocycles. The monoisotopic (exact) mass is 264 g/mol. The molecule has 0 saturated carbocycles. The van der Waals surface area contributed by atoms with Crippen molar-refractivity contribution in [1.29, 1.82) is 0 Å². The molecule has 0 aliphatic rings. The van der Waals surface area contributed by atoms with E-state index in [0.717, 1.165) is 0 Å². The predicted molar refractivity (Wildman–Crippen MR) is 68.3 cm³/mol. The van der Waals surface area contributed by atoms with Crippen LogP contribution in [0.25, 0.3) is 0 Å². The van der Waals surface area contributed by atoms with Crippen molar-refractivity contribution in [2.24, 2.45) is 0 Å². The summed E-state index contributed by atoms with van der Waals surface area (Å²) >= 11 is 5.89. The number of pyridine rings is 1. The van der Waals surface area contributed by atoms with E-state index < -0.39 is 0 Å². The highest BCUT2D eigenvalue weighted by Crippen LogP contribution is 2.19. The Morgan fingerprint density at radius 1 is 1.39 bits per heavy atom. The summed E-state index contributed by atoms with van der Waals surface area (Å²) in [4.78, 5) is 15.8. The van der Waals surface area contributed by atoms with Crippen LogP contribution in [0.2, 0.25) is 5.02 Å². The molecule has 0 fully saturated rings. The Labute approximate surface area is 109 Å². The standard InChI is InChI=1S/C13H10ClFN2O/c1-8-6-9(15)2-3-12(8)17-13(18)10-7-16-5-4-11(10)14/h2-7H,1H3,(H,17,18). The van der Waals surface area contributed by atoms with Crippen LogP contribution < -0.4 is 5.32 Å². The van der Waals surface area contributed by atoms with Gasteiger partial charge in [0, 0.05) is 18.1 Å². The largest absolute Gasteiger partial charge is 0.322 e. The van der Waals surface area contributed by atoms with E-state index in [1.807, 2.05) is 0 Å². The summed E-state index contributed by atoms with van der Waals surface area (Å²) in [6.07, 6.45) is 2.89. The van der Waals surface area contributed by atoms with Gasteiger partial charge in [-0.1, -0.05) is 11.6 Å². The van der Waals surface area contributed by atoms with Crippen LogP contribution >= 0.6 is 11.6 Å². The molecular weight excluding hydrogens is 255 g/mol. The van der Waals surface area contributed by atoms with Crippen LogP contribution in [0.5, 0.6) is 0 Å². The first-order chi connectivity index (χ1) is 8.58. The highest BCUT2D eigenvalue weighted by atomic mass is 35.5. The van der Waals surface area contributed by atoms with Crippen LogP contribution in [-0.2, 0) is 0 Å². The second kappa shape index (κ2) is 5.14. The Hall–Kier alpha value is -1.94. The number of rotatable bonds is 2. The summed E-state index contributed by atoms with van der Waals surface area (Å²) in [6.45, 7) is 1.71. The van der Waals surface area contributed by atoms with Crippen molar-refractivity contribution in [2.75, 3.05) is 5.32 Å². The van der Waals surface area contributed by atoms with Crippen molar-refractivity contribution in [1.82, 2.24) is 4.98 Å². The topological polar surface area (TPSA) is 42.0 Å². The Morgan fingerprint density at radius 3 is 2.83 bits per heavy atom. The van der Waals surface area contributed by atoms with Gasteiger partial charge in [-0.2, -0.15) is 0 Å². The Kier molecular flexibility index (Phi) is 3.58. The van der Waals surface area contributed by atoms with E-state index in [0.29, 0.717) is 16.3 Å². The van der Waals surface area contributed by atoms with Crippen molar-refractivity contribution in [2.45, 2.75) is 6.92 Å². The molecule has 1 N–H and O–H groups in total. The SMILES string of the molecule is Cc1cc(F)ccc1NC(=O)c1cnccc1Cl. The lowest BCUT2D eigenvalue weighted by molar-refractivity contribution is 0.102. The van der Waals surface area contributed by atoms with Crippen molar-refractivity contribution in [3.8, 4) is 0 Å². The molecule has 0 unspecified atom stereocenters. The fraction of sp³-hybridized carbons (Fsp3) is 0.0769. The summed E-state index contributed by atoms with van der Waals surface area (Å²) in [6, 6.07) is 5.68. The van der Waals surface area contributed by atoms with Gasteiger partial charge in [0.25, 0.3) is 5.91 Å². The molecule has 0 spiro atoms. The van der Waals surface area contributed by atoms with Crippen LogP contribution in [0.3, 0.4) is 0 Å². The summed E-state index contributed by atoms with van der Waals surface area (Å²) in [5.74, 6) is -0.715. The summed E-state index contributed by atoms with van der Waals surface area (Å²) in [7, 11) is 0. The number of aromatic nitrogens is 1. The number of amides is 1. The maximum atomic E-state index is 12.9. The highest BCUT2D eigenvalue weighted by Gasteiger charge is 2.11. The number of carbonyl (C=O) groups is 1. The van der Waals surface area contributed by atoms with Crippen LogP contribution in [-0.4, -0.2) is 10.9 Å². The zero-order valence-electron chi connectivity index (χ0n) is 9.58. The molecule has 1 heterocycles. The van der Waals surface area contributed by atoms with Crippen LogP contribution in [0.1, 0.15) is 15.9 Å². The molecule has 0 aliphatic carbocycles. The van der Waals surface area contributed by atoms with Gasteiger partial charge in [-0.05, 0) is 36.8 Å². The molecule has 1 aromatic carbocycles. The Bertz CT molecular complexity index is 601. The van der Waals surface area contributed by atoms with Crippen LogP contribution in [0, 0.1) is 12.7 Å². The third kappa shape index (κ3) is 2.65. The average molecular weight is 265 g/mol. The summed E-state index contributed by atoms with van der Waals surface area (Å²) < 4.78 is 12.9. The molecule has 3 nitrogen and oxygen atoms in total. The van der Waals surface area contributed by atoms with E-state index in [1.54, 1.807) is 6.92 Å². The number of hydrogen-bond donors (Lipinski definition) is 1. The molecule has 0 bridgehead atoms. The molecule has 1 aromatic heterocycles. The first kappa shape index (κ1) is 12.5. The molecule has 2 aromatic rings. The maximum absolute atomic E-state index is 12.9. The first-order valence-corrected chi connectivity index (χ1v) is 5.63. The van der Waals surface area contributed by atoms with Crippen LogP contribution in [0.4, 0.5) is 10.1 Å².